The molecule has 7 heteroatoms. The number of nitrogens with zero attached hydrogens (tertiary/aromatic N) is 2. The van der Waals surface area contributed by atoms with E-state index in [4.69, 9.17) is 4.74 Å². The molecule has 3 rings (SSSR count). The largest absolute Gasteiger partial charge is 0.492 e. The summed E-state index contributed by atoms with van der Waals surface area (Å²) in [6.07, 6.45) is 1.50. The Kier molecular flexibility index (Phi) is 7.83. The molecule has 0 atom stereocenters. The van der Waals surface area contributed by atoms with Gasteiger partial charge in [-0.3, -0.25) is 19.5 Å². The molecule has 0 unspecified atom stereocenters. The molecule has 2 amide bonds. The topological polar surface area (TPSA) is 83.0 Å². The van der Waals surface area contributed by atoms with Gasteiger partial charge in [0.05, 0.1) is 17.7 Å². The smallest absolute Gasteiger partial charge is 0.261 e. The Bertz CT molecular complexity index is 848. The lowest BCUT2D eigenvalue weighted by molar-refractivity contribution is 0.0652. The van der Waals surface area contributed by atoms with Crippen LogP contribution in [0.4, 0.5) is 0 Å². The molecule has 0 aromatic heterocycles. The maximum absolute atomic E-state index is 12.4. The maximum atomic E-state index is 12.4. The van der Waals surface area contributed by atoms with Crippen LogP contribution in [0.5, 0.6) is 5.75 Å². The zero-order chi connectivity index (χ0) is 21.2. The van der Waals surface area contributed by atoms with Crippen molar-refractivity contribution < 1.29 is 14.3 Å². The van der Waals surface area contributed by atoms with E-state index in [-0.39, 0.29) is 11.8 Å². The lowest BCUT2D eigenvalue weighted by atomic mass is 10.1. The van der Waals surface area contributed by atoms with Crippen LogP contribution in [-0.4, -0.2) is 55.5 Å². The fourth-order valence-corrected chi connectivity index (χ4v) is 3.21. The molecule has 0 spiro atoms. The molecule has 0 radical (unpaired) electrons. The van der Waals surface area contributed by atoms with Gasteiger partial charge in [0, 0.05) is 19.6 Å². The van der Waals surface area contributed by atoms with Gasteiger partial charge in [-0.2, -0.15) is 0 Å². The van der Waals surface area contributed by atoms with Crippen molar-refractivity contribution in [3.8, 4) is 5.75 Å². The second-order valence-electron chi connectivity index (χ2n) is 6.86. The van der Waals surface area contributed by atoms with Crippen molar-refractivity contribution in [1.82, 2.24) is 15.5 Å². The number of aliphatic imine (C=N–C) groups is 1. The van der Waals surface area contributed by atoms with Gasteiger partial charge < -0.3 is 15.4 Å². The molecule has 0 saturated carbocycles. The first-order chi connectivity index (χ1) is 14.7. The quantitative estimate of drug-likeness (QED) is 0.273. The van der Waals surface area contributed by atoms with Gasteiger partial charge in [-0.05, 0) is 44.0 Å². The number of benzene rings is 2. The third-order valence-electron chi connectivity index (χ3n) is 4.69. The number of carbonyl (C=O) groups is 2. The van der Waals surface area contributed by atoms with Crippen LogP contribution in [0.15, 0.2) is 59.6 Å². The molecule has 30 heavy (non-hydrogen) atoms. The van der Waals surface area contributed by atoms with E-state index in [9.17, 15) is 9.59 Å². The minimum absolute atomic E-state index is 0.201. The third kappa shape index (κ3) is 5.59. The van der Waals surface area contributed by atoms with Crippen LogP contribution >= 0.6 is 0 Å². The summed E-state index contributed by atoms with van der Waals surface area (Å²) in [6.45, 7) is 4.97. The number of carbonyl (C=O) groups excluding carboxylic acids is 2. The highest BCUT2D eigenvalue weighted by molar-refractivity contribution is 6.21. The van der Waals surface area contributed by atoms with Gasteiger partial charge in [0.1, 0.15) is 12.4 Å². The Morgan fingerprint density at radius 3 is 2.27 bits per heavy atom. The van der Waals surface area contributed by atoms with Crippen LogP contribution < -0.4 is 15.4 Å². The predicted molar refractivity (Wildman–Crippen MR) is 117 cm³/mol. The first-order valence-electron chi connectivity index (χ1n) is 10.4. The summed E-state index contributed by atoms with van der Waals surface area (Å²) in [5.74, 6) is 1.17. The zero-order valence-corrected chi connectivity index (χ0v) is 17.3. The molecule has 0 aliphatic carbocycles. The van der Waals surface area contributed by atoms with Crippen molar-refractivity contribution in [2.24, 2.45) is 4.99 Å². The van der Waals surface area contributed by atoms with Gasteiger partial charge in [-0.1, -0.05) is 30.3 Å². The number of fused-ring (bicyclic) bond motifs is 1. The first kappa shape index (κ1) is 21.4. The Morgan fingerprint density at radius 1 is 0.933 bits per heavy atom. The summed E-state index contributed by atoms with van der Waals surface area (Å²) in [7, 11) is 0. The monoisotopic (exact) mass is 408 g/mol. The minimum atomic E-state index is -0.201. The van der Waals surface area contributed by atoms with E-state index in [1.807, 2.05) is 37.3 Å². The highest BCUT2D eigenvalue weighted by Crippen LogP contribution is 2.22. The summed E-state index contributed by atoms with van der Waals surface area (Å²) in [5, 5.41) is 6.45. The van der Waals surface area contributed by atoms with Crippen LogP contribution in [0.25, 0.3) is 0 Å². The summed E-state index contributed by atoms with van der Waals surface area (Å²) >= 11 is 0. The number of guanidine groups is 1. The van der Waals surface area contributed by atoms with Crippen LogP contribution in [0, 0.1) is 0 Å². The molecule has 0 fully saturated rings. The molecule has 158 valence electrons. The highest BCUT2D eigenvalue weighted by atomic mass is 16.5. The molecule has 1 aliphatic heterocycles. The van der Waals surface area contributed by atoms with Gasteiger partial charge in [-0.25, -0.2) is 0 Å². The third-order valence-corrected chi connectivity index (χ3v) is 4.69. The molecule has 0 saturated heterocycles. The Labute approximate surface area is 177 Å². The second kappa shape index (κ2) is 11.0. The van der Waals surface area contributed by atoms with E-state index in [0.717, 1.165) is 24.7 Å². The number of nitrogens with one attached hydrogen (secondary N) is 2. The molecular weight excluding hydrogens is 380 g/mol. The van der Waals surface area contributed by atoms with Gasteiger partial charge in [-0.15, -0.1) is 0 Å². The van der Waals surface area contributed by atoms with Crippen molar-refractivity contribution >= 4 is 17.8 Å². The Hall–Kier alpha value is -3.35. The molecule has 2 N–H and O–H groups in total. The number of imide groups is 1. The van der Waals surface area contributed by atoms with Gasteiger partial charge in [0.2, 0.25) is 0 Å². The zero-order valence-electron chi connectivity index (χ0n) is 17.3. The number of unbranched alkanes of at least 4 members (excludes halogenated alkanes) is 1. The number of hydrogen-bond acceptors (Lipinski definition) is 4. The fourth-order valence-electron chi connectivity index (χ4n) is 3.21. The van der Waals surface area contributed by atoms with Gasteiger partial charge >= 0.3 is 0 Å². The van der Waals surface area contributed by atoms with E-state index in [1.165, 1.54) is 4.90 Å². The lowest BCUT2D eigenvalue weighted by Gasteiger charge is -2.14. The molecule has 0 bridgehead atoms. The number of hydrogen-bond donors (Lipinski definition) is 2. The number of para-hydroxylation sites is 1. The summed E-state index contributed by atoms with van der Waals surface area (Å²) in [4.78, 5) is 30.6. The molecule has 1 aliphatic rings. The summed E-state index contributed by atoms with van der Waals surface area (Å²) in [6, 6.07) is 16.7. The highest BCUT2D eigenvalue weighted by Gasteiger charge is 2.34. The van der Waals surface area contributed by atoms with Crippen LogP contribution in [0.3, 0.4) is 0 Å². The number of rotatable bonds is 10. The summed E-state index contributed by atoms with van der Waals surface area (Å²) < 4.78 is 5.67. The Balaban J connectivity index is 1.37. The minimum Gasteiger partial charge on any atom is -0.492 e. The first-order valence-corrected chi connectivity index (χ1v) is 10.4. The molecule has 2 aromatic carbocycles. The van der Waals surface area contributed by atoms with Crippen molar-refractivity contribution in [2.45, 2.75) is 19.8 Å². The lowest BCUT2D eigenvalue weighted by Crippen LogP contribution is -2.39. The molecular formula is C23H28N4O3. The molecule has 2 aromatic rings. The standard InChI is InChI=1S/C23H28N4O3/c1-2-24-23(26-15-17-30-18-10-4-3-5-11-18)25-14-8-9-16-27-21(28)19-12-6-7-13-20(19)22(27)29/h3-7,10-13H,2,8-9,14-17H2,1H3,(H2,24,25,26). The number of amides is 2. The second-order valence-corrected chi connectivity index (χ2v) is 6.86. The molecule has 7 nitrogen and oxygen atoms in total. The van der Waals surface area contributed by atoms with E-state index in [1.54, 1.807) is 24.3 Å². The number of ether oxygens (including phenoxy) is 1. The predicted octanol–water partition coefficient (Wildman–Crippen LogP) is 2.70. The van der Waals surface area contributed by atoms with Crippen molar-refractivity contribution in [1.29, 1.82) is 0 Å². The Morgan fingerprint density at radius 2 is 1.60 bits per heavy atom. The van der Waals surface area contributed by atoms with E-state index in [2.05, 4.69) is 15.6 Å². The van der Waals surface area contributed by atoms with Gasteiger partial charge in [0.25, 0.3) is 11.8 Å². The van der Waals surface area contributed by atoms with Crippen LogP contribution in [-0.2, 0) is 0 Å². The normalized spacial score (nSPS) is 13.4. The van der Waals surface area contributed by atoms with Crippen molar-refractivity contribution in [2.75, 3.05) is 32.8 Å². The average Bonchev–Trinajstić information content (AvgIpc) is 3.02. The average molecular weight is 409 g/mol. The molecule has 1 heterocycles. The SMILES string of the molecule is CCNC(=NCCCCN1C(=O)c2ccccc2C1=O)NCCOc1ccccc1. The van der Waals surface area contributed by atoms with E-state index >= 15 is 0 Å². The van der Waals surface area contributed by atoms with Gasteiger partial charge in [0.15, 0.2) is 5.96 Å². The van der Waals surface area contributed by atoms with Crippen LogP contribution in [0.2, 0.25) is 0 Å². The van der Waals surface area contributed by atoms with Crippen molar-refractivity contribution in [3.05, 3.63) is 65.7 Å². The summed E-state index contributed by atoms with van der Waals surface area (Å²) in [5.41, 5.74) is 0.994. The van der Waals surface area contributed by atoms with E-state index < -0.39 is 0 Å². The van der Waals surface area contributed by atoms with Crippen LogP contribution in [0.1, 0.15) is 40.5 Å². The van der Waals surface area contributed by atoms with Crippen molar-refractivity contribution in [3.63, 3.8) is 0 Å². The fraction of sp³-hybridized carbons (Fsp3) is 0.348. The maximum Gasteiger partial charge on any atom is 0.261 e. The van der Waals surface area contributed by atoms with E-state index in [0.29, 0.717) is 43.8 Å².